The van der Waals surface area contributed by atoms with Crippen molar-refractivity contribution >= 4 is 11.6 Å². The molecule has 0 heterocycles. The quantitative estimate of drug-likeness (QED) is 0.718. The van der Waals surface area contributed by atoms with Crippen LogP contribution in [0.15, 0.2) is 18.2 Å². The Labute approximate surface area is 81.9 Å². The molecule has 0 spiro atoms. The molecule has 3 heteroatoms. The molecule has 0 saturated carbocycles. The van der Waals surface area contributed by atoms with Gasteiger partial charge in [-0.15, -0.1) is 6.42 Å². The van der Waals surface area contributed by atoms with Crippen LogP contribution in [0.4, 0.5) is 4.39 Å². The van der Waals surface area contributed by atoms with Gasteiger partial charge < -0.3 is 5.32 Å². The van der Waals surface area contributed by atoms with Crippen LogP contribution < -0.4 is 5.32 Å². The topological polar surface area (TPSA) is 12.0 Å². The predicted octanol–water partition coefficient (Wildman–Crippen LogP) is 2.37. The number of hydrogen-bond acceptors (Lipinski definition) is 1. The summed E-state index contributed by atoms with van der Waals surface area (Å²) in [6.07, 6.45) is 5.24. The van der Waals surface area contributed by atoms with E-state index in [2.05, 4.69) is 11.2 Å². The van der Waals surface area contributed by atoms with Gasteiger partial charge in [-0.05, 0) is 13.1 Å². The molecule has 0 radical (unpaired) electrons. The second-order valence-corrected chi connectivity index (χ2v) is 2.91. The fraction of sp³-hybridized carbons (Fsp3) is 0.200. The van der Waals surface area contributed by atoms with Crippen LogP contribution in [0.3, 0.4) is 0 Å². The summed E-state index contributed by atoms with van der Waals surface area (Å²) >= 11 is 5.73. The highest BCUT2D eigenvalue weighted by molar-refractivity contribution is 6.31. The van der Waals surface area contributed by atoms with E-state index in [9.17, 15) is 4.39 Å². The fourth-order valence-electron chi connectivity index (χ4n) is 1.07. The van der Waals surface area contributed by atoms with Gasteiger partial charge in [0.05, 0.1) is 11.1 Å². The third-order valence-corrected chi connectivity index (χ3v) is 2.15. The maximum atomic E-state index is 13.0. The second kappa shape index (κ2) is 4.27. The van der Waals surface area contributed by atoms with Crippen LogP contribution in [0.2, 0.25) is 5.02 Å². The van der Waals surface area contributed by atoms with Crippen LogP contribution in [0.5, 0.6) is 0 Å². The van der Waals surface area contributed by atoms with Gasteiger partial charge in [-0.2, -0.15) is 0 Å². The van der Waals surface area contributed by atoms with Crippen molar-refractivity contribution in [1.82, 2.24) is 5.32 Å². The van der Waals surface area contributed by atoms with Gasteiger partial charge in [0.15, 0.2) is 0 Å². The third kappa shape index (κ3) is 2.00. The minimum Gasteiger partial charge on any atom is -0.303 e. The molecule has 1 atom stereocenters. The van der Waals surface area contributed by atoms with Gasteiger partial charge in [-0.3, -0.25) is 0 Å². The molecule has 0 aliphatic carbocycles. The number of halogens is 2. The van der Waals surface area contributed by atoms with E-state index in [-0.39, 0.29) is 11.1 Å². The molecule has 1 rings (SSSR count). The van der Waals surface area contributed by atoms with Gasteiger partial charge >= 0.3 is 0 Å². The molecule has 0 amide bonds. The molecular formula is C10H9ClFN. The lowest BCUT2D eigenvalue weighted by atomic mass is 10.1. The lowest BCUT2D eigenvalue weighted by Crippen LogP contribution is -2.14. The monoisotopic (exact) mass is 197 g/mol. The lowest BCUT2D eigenvalue weighted by molar-refractivity contribution is 0.621. The first-order chi connectivity index (χ1) is 6.20. The number of hydrogen-bond donors (Lipinski definition) is 1. The smallest absolute Gasteiger partial charge is 0.142 e. The molecule has 0 aliphatic heterocycles. The van der Waals surface area contributed by atoms with Crippen LogP contribution in [0.25, 0.3) is 0 Å². The van der Waals surface area contributed by atoms with Crippen molar-refractivity contribution in [2.75, 3.05) is 7.05 Å². The van der Waals surface area contributed by atoms with E-state index in [0.29, 0.717) is 5.56 Å². The van der Waals surface area contributed by atoms with E-state index in [1.807, 2.05) is 0 Å². The first-order valence-electron chi connectivity index (χ1n) is 3.78. The molecule has 0 aromatic heterocycles. The molecule has 0 bridgehead atoms. The Bertz CT molecular complexity index is 343. The number of nitrogens with one attached hydrogen (secondary N) is 1. The molecule has 13 heavy (non-hydrogen) atoms. The largest absolute Gasteiger partial charge is 0.303 e. The average Bonchev–Trinajstić information content (AvgIpc) is 2.14. The number of rotatable bonds is 2. The Balaban J connectivity index is 3.15. The highest BCUT2D eigenvalue weighted by Crippen LogP contribution is 2.24. The van der Waals surface area contributed by atoms with Crippen molar-refractivity contribution in [1.29, 1.82) is 0 Å². The fourth-order valence-corrected chi connectivity index (χ4v) is 1.31. The van der Waals surface area contributed by atoms with E-state index in [0.717, 1.165) is 0 Å². The van der Waals surface area contributed by atoms with Gasteiger partial charge in [-0.1, -0.05) is 29.7 Å². The van der Waals surface area contributed by atoms with Gasteiger partial charge in [0.1, 0.15) is 5.82 Å². The van der Waals surface area contributed by atoms with Crippen molar-refractivity contribution in [3.8, 4) is 12.3 Å². The van der Waals surface area contributed by atoms with Crippen LogP contribution in [-0.2, 0) is 0 Å². The average molecular weight is 198 g/mol. The van der Waals surface area contributed by atoms with Crippen molar-refractivity contribution in [2.45, 2.75) is 6.04 Å². The summed E-state index contributed by atoms with van der Waals surface area (Å²) in [5.41, 5.74) is 0.590. The SMILES string of the molecule is C#CC(NC)c1cccc(F)c1Cl. The van der Waals surface area contributed by atoms with E-state index in [1.54, 1.807) is 19.2 Å². The van der Waals surface area contributed by atoms with Crippen molar-refractivity contribution in [3.05, 3.63) is 34.6 Å². The third-order valence-electron chi connectivity index (χ3n) is 1.75. The number of terminal acetylenes is 1. The Kier molecular flexibility index (Phi) is 3.30. The summed E-state index contributed by atoms with van der Waals surface area (Å²) in [6, 6.07) is 4.24. The maximum Gasteiger partial charge on any atom is 0.142 e. The highest BCUT2D eigenvalue weighted by atomic mass is 35.5. The van der Waals surface area contributed by atoms with Crippen molar-refractivity contribution < 1.29 is 4.39 Å². The molecule has 1 unspecified atom stereocenters. The zero-order valence-corrected chi connectivity index (χ0v) is 7.90. The molecule has 0 fully saturated rings. The van der Waals surface area contributed by atoms with Crippen LogP contribution in [0, 0.1) is 18.2 Å². The van der Waals surface area contributed by atoms with Crippen LogP contribution in [-0.4, -0.2) is 7.05 Å². The summed E-state index contributed by atoms with van der Waals surface area (Å²) < 4.78 is 13.0. The summed E-state index contributed by atoms with van der Waals surface area (Å²) in [5.74, 6) is 2.02. The normalized spacial score (nSPS) is 12.2. The Hall–Kier alpha value is -1.04. The molecule has 1 aromatic rings. The summed E-state index contributed by atoms with van der Waals surface area (Å²) in [4.78, 5) is 0. The molecule has 1 N–H and O–H groups in total. The Morgan fingerprint density at radius 2 is 2.31 bits per heavy atom. The van der Waals surface area contributed by atoms with E-state index in [4.69, 9.17) is 18.0 Å². The van der Waals surface area contributed by atoms with E-state index < -0.39 is 5.82 Å². The van der Waals surface area contributed by atoms with Crippen molar-refractivity contribution in [3.63, 3.8) is 0 Å². The molecular weight excluding hydrogens is 189 g/mol. The lowest BCUT2D eigenvalue weighted by Gasteiger charge is -2.11. The van der Waals surface area contributed by atoms with Crippen LogP contribution >= 0.6 is 11.6 Å². The zero-order chi connectivity index (χ0) is 9.84. The van der Waals surface area contributed by atoms with E-state index >= 15 is 0 Å². The summed E-state index contributed by atoms with van der Waals surface area (Å²) in [6.45, 7) is 0. The maximum absolute atomic E-state index is 13.0. The highest BCUT2D eigenvalue weighted by Gasteiger charge is 2.12. The molecule has 0 saturated heterocycles. The molecule has 68 valence electrons. The Morgan fingerprint density at radius 3 is 2.85 bits per heavy atom. The first-order valence-corrected chi connectivity index (χ1v) is 4.15. The first kappa shape index (κ1) is 10.0. The number of benzene rings is 1. The molecule has 0 aliphatic rings. The van der Waals surface area contributed by atoms with Gasteiger partial charge in [0.2, 0.25) is 0 Å². The summed E-state index contributed by atoms with van der Waals surface area (Å²) in [7, 11) is 1.70. The second-order valence-electron chi connectivity index (χ2n) is 2.53. The predicted molar refractivity (Wildman–Crippen MR) is 52.0 cm³/mol. The van der Waals surface area contributed by atoms with Gasteiger partial charge in [-0.25, -0.2) is 4.39 Å². The molecule has 1 aromatic carbocycles. The summed E-state index contributed by atoms with van der Waals surface area (Å²) in [5, 5.41) is 2.93. The van der Waals surface area contributed by atoms with Crippen molar-refractivity contribution in [2.24, 2.45) is 0 Å². The minimum absolute atomic E-state index is 0.0831. The zero-order valence-electron chi connectivity index (χ0n) is 7.14. The standard InChI is InChI=1S/C10H9ClFN/c1-3-9(13-2)7-5-4-6-8(12)10(7)11/h1,4-6,9,13H,2H3. The van der Waals surface area contributed by atoms with E-state index in [1.165, 1.54) is 6.07 Å². The van der Waals surface area contributed by atoms with Gasteiger partial charge in [0, 0.05) is 5.56 Å². The molecule has 1 nitrogen and oxygen atoms in total. The van der Waals surface area contributed by atoms with Crippen LogP contribution in [0.1, 0.15) is 11.6 Å². The van der Waals surface area contributed by atoms with Gasteiger partial charge in [0.25, 0.3) is 0 Å². The minimum atomic E-state index is -0.449. The Morgan fingerprint density at radius 1 is 1.62 bits per heavy atom.